The van der Waals surface area contributed by atoms with Gasteiger partial charge in [-0.05, 0) is 57.5 Å². The van der Waals surface area contributed by atoms with Gasteiger partial charge in [0.1, 0.15) is 0 Å². The summed E-state index contributed by atoms with van der Waals surface area (Å²) in [6.45, 7) is 7.08. The molecular weight excluding hydrogens is 330 g/mol. The molecule has 0 saturated carbocycles. The van der Waals surface area contributed by atoms with Crippen molar-refractivity contribution in [2.75, 3.05) is 41.0 Å². The van der Waals surface area contributed by atoms with Gasteiger partial charge in [0.15, 0.2) is 17.3 Å². The highest BCUT2D eigenvalue weighted by Gasteiger charge is 2.44. The molecule has 0 radical (unpaired) electrons. The maximum atomic E-state index is 6.17. The highest BCUT2D eigenvalue weighted by molar-refractivity contribution is 5.45. The molecule has 2 aliphatic rings. The third-order valence-electron chi connectivity index (χ3n) is 6.06. The number of hydrogen-bond donors (Lipinski definition) is 0. The van der Waals surface area contributed by atoms with E-state index in [4.69, 9.17) is 18.9 Å². The van der Waals surface area contributed by atoms with Crippen molar-refractivity contribution in [2.24, 2.45) is 0 Å². The minimum Gasteiger partial charge on any atom is -0.493 e. The van der Waals surface area contributed by atoms with Crippen molar-refractivity contribution in [1.82, 2.24) is 4.90 Å². The zero-order valence-electron chi connectivity index (χ0n) is 16.8. The molecule has 3 atom stereocenters. The van der Waals surface area contributed by atoms with Crippen LogP contribution in [0.3, 0.4) is 0 Å². The number of likely N-dealkylation sites (N-methyl/N-ethyl adjacent to an activating group) is 1. The lowest BCUT2D eigenvalue weighted by atomic mass is 9.74. The molecule has 1 aromatic rings. The maximum Gasteiger partial charge on any atom is 0.168 e. The Kier molecular flexibility index (Phi) is 5.80. The van der Waals surface area contributed by atoms with Crippen LogP contribution in [0.5, 0.6) is 11.5 Å². The number of hydrogen-bond acceptors (Lipinski definition) is 5. The van der Waals surface area contributed by atoms with Gasteiger partial charge in [-0.3, -0.25) is 0 Å². The number of rotatable bonds is 7. The summed E-state index contributed by atoms with van der Waals surface area (Å²) in [5.41, 5.74) is 1.41. The van der Waals surface area contributed by atoms with Crippen molar-refractivity contribution in [2.45, 2.75) is 56.8 Å². The Bertz CT molecular complexity index is 622. The van der Waals surface area contributed by atoms with Gasteiger partial charge in [0.25, 0.3) is 0 Å². The average molecular weight is 363 g/mol. The van der Waals surface area contributed by atoms with E-state index in [1.165, 1.54) is 5.56 Å². The molecule has 2 saturated heterocycles. The van der Waals surface area contributed by atoms with Crippen molar-refractivity contribution in [3.05, 3.63) is 23.8 Å². The van der Waals surface area contributed by atoms with Gasteiger partial charge >= 0.3 is 0 Å². The Balaban J connectivity index is 1.85. The van der Waals surface area contributed by atoms with Crippen LogP contribution in [0.1, 0.15) is 45.1 Å². The Morgan fingerprint density at radius 3 is 2.50 bits per heavy atom. The van der Waals surface area contributed by atoms with Crippen LogP contribution >= 0.6 is 0 Å². The normalized spacial score (nSPS) is 32.1. The molecule has 0 spiro atoms. The van der Waals surface area contributed by atoms with E-state index in [0.29, 0.717) is 6.61 Å². The predicted molar refractivity (Wildman–Crippen MR) is 102 cm³/mol. The zero-order valence-corrected chi connectivity index (χ0v) is 16.8. The van der Waals surface area contributed by atoms with E-state index < -0.39 is 5.79 Å². The Morgan fingerprint density at radius 2 is 1.96 bits per heavy atom. The molecule has 0 aromatic heterocycles. The minimum atomic E-state index is -0.426. The second-order valence-corrected chi connectivity index (χ2v) is 7.84. The van der Waals surface area contributed by atoms with Gasteiger partial charge in [-0.2, -0.15) is 0 Å². The summed E-state index contributed by atoms with van der Waals surface area (Å²) >= 11 is 0. The third-order valence-corrected chi connectivity index (χ3v) is 6.06. The molecule has 26 heavy (non-hydrogen) atoms. The van der Waals surface area contributed by atoms with Gasteiger partial charge < -0.3 is 23.8 Å². The SMILES string of the molecule is CCC1(CC[C@@]2(c3ccc(OC)c(OC)c3)CCN(C)C2)OCC(C)O1. The van der Waals surface area contributed by atoms with E-state index in [1.807, 2.05) is 6.07 Å². The van der Waals surface area contributed by atoms with E-state index in [9.17, 15) is 0 Å². The van der Waals surface area contributed by atoms with Crippen LogP contribution in [0.2, 0.25) is 0 Å². The van der Waals surface area contributed by atoms with Crippen molar-refractivity contribution < 1.29 is 18.9 Å². The lowest BCUT2D eigenvalue weighted by Crippen LogP contribution is -2.36. The first-order valence-corrected chi connectivity index (χ1v) is 9.69. The lowest BCUT2D eigenvalue weighted by molar-refractivity contribution is -0.175. The highest BCUT2D eigenvalue weighted by atomic mass is 16.7. The first-order valence-electron chi connectivity index (χ1n) is 9.69. The number of ether oxygens (including phenoxy) is 4. The third kappa shape index (κ3) is 3.71. The van der Waals surface area contributed by atoms with Crippen molar-refractivity contribution in [3.63, 3.8) is 0 Å². The fourth-order valence-electron chi connectivity index (χ4n) is 4.46. The van der Waals surface area contributed by atoms with Crippen LogP contribution < -0.4 is 9.47 Å². The Morgan fingerprint density at radius 1 is 1.19 bits per heavy atom. The first kappa shape index (κ1) is 19.5. The summed E-state index contributed by atoms with van der Waals surface area (Å²) < 4.78 is 23.2. The summed E-state index contributed by atoms with van der Waals surface area (Å²) in [6, 6.07) is 6.36. The van der Waals surface area contributed by atoms with E-state index in [2.05, 4.69) is 37.9 Å². The molecule has 2 unspecified atom stereocenters. The van der Waals surface area contributed by atoms with Gasteiger partial charge in [-0.1, -0.05) is 13.0 Å². The fraction of sp³-hybridized carbons (Fsp3) is 0.714. The van der Waals surface area contributed by atoms with Crippen LogP contribution in [0.25, 0.3) is 0 Å². The van der Waals surface area contributed by atoms with Crippen molar-refractivity contribution in [3.8, 4) is 11.5 Å². The lowest BCUT2D eigenvalue weighted by Gasteiger charge is -2.35. The second-order valence-electron chi connectivity index (χ2n) is 7.84. The van der Waals surface area contributed by atoms with E-state index in [-0.39, 0.29) is 11.5 Å². The maximum absolute atomic E-state index is 6.17. The fourth-order valence-corrected chi connectivity index (χ4v) is 4.46. The molecule has 0 amide bonds. The molecule has 5 heteroatoms. The summed E-state index contributed by atoms with van der Waals surface area (Å²) in [4.78, 5) is 2.41. The van der Waals surface area contributed by atoms with Gasteiger partial charge in [-0.15, -0.1) is 0 Å². The molecule has 0 N–H and O–H groups in total. The molecular formula is C21H33NO4. The summed E-state index contributed by atoms with van der Waals surface area (Å²) in [5.74, 6) is 1.15. The Hall–Kier alpha value is -1.30. The zero-order chi connectivity index (χ0) is 18.8. The summed E-state index contributed by atoms with van der Waals surface area (Å²) in [6.07, 6.45) is 4.14. The van der Waals surface area contributed by atoms with Crippen LogP contribution in [0.15, 0.2) is 18.2 Å². The molecule has 0 aliphatic carbocycles. The summed E-state index contributed by atoms with van der Waals surface area (Å²) in [7, 11) is 5.57. The first-order chi connectivity index (χ1) is 12.5. The topological polar surface area (TPSA) is 40.2 Å². The monoisotopic (exact) mass is 363 g/mol. The van der Waals surface area contributed by atoms with E-state index in [1.54, 1.807) is 14.2 Å². The summed E-state index contributed by atoms with van der Waals surface area (Å²) in [5, 5.41) is 0. The quantitative estimate of drug-likeness (QED) is 0.740. The van der Waals surface area contributed by atoms with Crippen LogP contribution in [0.4, 0.5) is 0 Å². The molecule has 2 fully saturated rings. The molecule has 1 aromatic carbocycles. The largest absolute Gasteiger partial charge is 0.493 e. The number of nitrogens with zero attached hydrogens (tertiary/aromatic N) is 1. The molecule has 5 nitrogen and oxygen atoms in total. The van der Waals surface area contributed by atoms with Crippen LogP contribution in [-0.2, 0) is 14.9 Å². The van der Waals surface area contributed by atoms with Crippen LogP contribution in [-0.4, -0.2) is 57.8 Å². The Labute approximate surface area is 157 Å². The standard InChI is InChI=1S/C21H33NO4/c1-6-21(25-14-16(2)26-21)10-9-20(11-12-22(3)15-20)17-7-8-18(23-4)19(13-17)24-5/h7-8,13,16H,6,9-12,14-15H2,1-5H3/t16?,20-,21?/m1/s1. The van der Waals surface area contributed by atoms with Gasteiger partial charge in [0, 0.05) is 18.4 Å². The number of likely N-dealkylation sites (tertiary alicyclic amines) is 1. The van der Waals surface area contributed by atoms with Gasteiger partial charge in [0.05, 0.1) is 26.9 Å². The van der Waals surface area contributed by atoms with Gasteiger partial charge in [-0.25, -0.2) is 0 Å². The van der Waals surface area contributed by atoms with E-state index >= 15 is 0 Å². The smallest absolute Gasteiger partial charge is 0.168 e. The molecule has 0 bridgehead atoms. The molecule has 2 aliphatic heterocycles. The predicted octanol–water partition coefficient (Wildman–Crippen LogP) is 3.60. The van der Waals surface area contributed by atoms with E-state index in [0.717, 1.165) is 50.3 Å². The minimum absolute atomic E-state index is 0.0923. The van der Waals surface area contributed by atoms with Crippen molar-refractivity contribution in [1.29, 1.82) is 0 Å². The number of benzene rings is 1. The van der Waals surface area contributed by atoms with Crippen LogP contribution in [0, 0.1) is 0 Å². The van der Waals surface area contributed by atoms with Gasteiger partial charge in [0.2, 0.25) is 0 Å². The molecule has 146 valence electrons. The highest BCUT2D eigenvalue weighted by Crippen LogP contribution is 2.44. The van der Waals surface area contributed by atoms with Crippen molar-refractivity contribution >= 4 is 0 Å². The molecule has 3 rings (SSSR count). The second kappa shape index (κ2) is 7.75. The molecule has 2 heterocycles. The average Bonchev–Trinajstić information content (AvgIpc) is 3.23. The number of methoxy groups -OCH3 is 2.